The number of terminal acetylenes is 1. The quantitative estimate of drug-likeness (QED) is 0.662. The molecule has 2 aliphatic rings. The third-order valence-corrected chi connectivity index (χ3v) is 5.50. The number of likely N-dealkylation sites (tertiary alicyclic amines) is 1. The van der Waals surface area contributed by atoms with Gasteiger partial charge in [-0.25, -0.2) is 0 Å². The van der Waals surface area contributed by atoms with Crippen molar-refractivity contribution in [3.8, 4) is 18.1 Å². The summed E-state index contributed by atoms with van der Waals surface area (Å²) in [5.41, 5.74) is 1.14. The van der Waals surface area contributed by atoms with Crippen LogP contribution in [0.3, 0.4) is 0 Å². The standard InChI is InChI=1S/C20H26BrN3O2/c1-2-13-26-19-6-5-18(21)14-17(19)15-22-9-11-23(12-10-22)16-20(25)24-7-3-4-8-24/h1,5-6,14H,3-4,7-13,15-16H2. The molecule has 1 aromatic carbocycles. The summed E-state index contributed by atoms with van der Waals surface area (Å²) >= 11 is 3.53. The molecule has 5 nitrogen and oxygen atoms in total. The van der Waals surface area contributed by atoms with Gasteiger partial charge in [-0.15, -0.1) is 6.42 Å². The maximum Gasteiger partial charge on any atom is 0.236 e. The van der Waals surface area contributed by atoms with Crippen LogP contribution in [0.5, 0.6) is 5.75 Å². The minimum absolute atomic E-state index is 0.279. The van der Waals surface area contributed by atoms with Gasteiger partial charge in [0.05, 0.1) is 6.54 Å². The second-order valence-electron chi connectivity index (χ2n) is 6.89. The molecule has 0 atom stereocenters. The first-order valence-corrected chi connectivity index (χ1v) is 10.0. The number of carbonyl (C=O) groups excluding carboxylic acids is 1. The molecule has 0 unspecified atom stereocenters. The molecule has 3 rings (SSSR count). The molecular weight excluding hydrogens is 394 g/mol. The van der Waals surface area contributed by atoms with E-state index in [0.717, 1.165) is 74.4 Å². The number of hydrogen-bond donors (Lipinski definition) is 0. The molecule has 0 aliphatic carbocycles. The van der Waals surface area contributed by atoms with Crippen molar-refractivity contribution in [3.63, 3.8) is 0 Å². The van der Waals surface area contributed by atoms with Crippen molar-refractivity contribution in [2.75, 3.05) is 52.4 Å². The number of nitrogens with zero attached hydrogens (tertiary/aromatic N) is 3. The van der Waals surface area contributed by atoms with Gasteiger partial charge in [-0.05, 0) is 31.0 Å². The van der Waals surface area contributed by atoms with E-state index in [1.54, 1.807) is 0 Å². The average molecular weight is 420 g/mol. The number of benzene rings is 1. The maximum atomic E-state index is 12.3. The molecule has 6 heteroatoms. The van der Waals surface area contributed by atoms with E-state index in [1.807, 2.05) is 17.0 Å². The van der Waals surface area contributed by atoms with Gasteiger partial charge < -0.3 is 9.64 Å². The normalized spacial score (nSPS) is 18.7. The van der Waals surface area contributed by atoms with Gasteiger partial charge in [-0.1, -0.05) is 21.9 Å². The predicted molar refractivity (Wildman–Crippen MR) is 106 cm³/mol. The molecule has 2 saturated heterocycles. The van der Waals surface area contributed by atoms with Crippen LogP contribution in [0.4, 0.5) is 0 Å². The molecule has 2 aliphatic heterocycles. The Kier molecular flexibility index (Phi) is 6.95. The Balaban J connectivity index is 1.50. The molecule has 1 aromatic rings. The highest BCUT2D eigenvalue weighted by atomic mass is 79.9. The number of amides is 1. The summed E-state index contributed by atoms with van der Waals surface area (Å²) in [4.78, 5) is 19.0. The highest BCUT2D eigenvalue weighted by Gasteiger charge is 2.23. The Labute approximate surface area is 164 Å². The van der Waals surface area contributed by atoms with E-state index in [-0.39, 0.29) is 12.5 Å². The average Bonchev–Trinajstić information content (AvgIpc) is 3.18. The Hall–Kier alpha value is -1.55. The minimum Gasteiger partial charge on any atom is -0.481 e. The van der Waals surface area contributed by atoms with E-state index in [4.69, 9.17) is 11.2 Å². The monoisotopic (exact) mass is 419 g/mol. The van der Waals surface area contributed by atoms with Gasteiger partial charge in [0.25, 0.3) is 0 Å². The third kappa shape index (κ3) is 5.23. The molecule has 0 spiro atoms. The first-order chi connectivity index (χ1) is 12.7. The molecule has 0 radical (unpaired) electrons. The fourth-order valence-electron chi connectivity index (χ4n) is 3.54. The highest BCUT2D eigenvalue weighted by Crippen LogP contribution is 2.25. The van der Waals surface area contributed by atoms with Gasteiger partial charge >= 0.3 is 0 Å². The topological polar surface area (TPSA) is 36.0 Å². The van der Waals surface area contributed by atoms with E-state index in [0.29, 0.717) is 6.54 Å². The highest BCUT2D eigenvalue weighted by molar-refractivity contribution is 9.10. The van der Waals surface area contributed by atoms with Gasteiger partial charge in [0, 0.05) is 55.8 Å². The van der Waals surface area contributed by atoms with Gasteiger partial charge in [0.15, 0.2) is 0 Å². The van der Waals surface area contributed by atoms with Crippen LogP contribution in [0.15, 0.2) is 22.7 Å². The van der Waals surface area contributed by atoms with Gasteiger partial charge in [-0.2, -0.15) is 0 Å². The molecular formula is C20H26BrN3O2. The fourth-order valence-corrected chi connectivity index (χ4v) is 3.94. The van der Waals surface area contributed by atoms with Crippen molar-refractivity contribution in [2.45, 2.75) is 19.4 Å². The maximum absolute atomic E-state index is 12.3. The molecule has 0 N–H and O–H groups in total. The van der Waals surface area contributed by atoms with Crippen LogP contribution >= 0.6 is 15.9 Å². The van der Waals surface area contributed by atoms with Crippen molar-refractivity contribution < 1.29 is 9.53 Å². The summed E-state index contributed by atoms with van der Waals surface area (Å²) in [6.07, 6.45) is 7.61. The lowest BCUT2D eigenvalue weighted by Crippen LogP contribution is -2.49. The lowest BCUT2D eigenvalue weighted by molar-refractivity contribution is -0.131. The SMILES string of the molecule is C#CCOc1ccc(Br)cc1CN1CCN(CC(=O)N2CCCC2)CC1. The molecule has 0 aromatic heterocycles. The second-order valence-corrected chi connectivity index (χ2v) is 7.80. The van der Waals surface area contributed by atoms with Gasteiger partial charge in [-0.3, -0.25) is 14.6 Å². The minimum atomic E-state index is 0.279. The van der Waals surface area contributed by atoms with Crippen LogP contribution in [-0.4, -0.2) is 73.0 Å². The van der Waals surface area contributed by atoms with Crippen LogP contribution < -0.4 is 4.74 Å². The van der Waals surface area contributed by atoms with Crippen LogP contribution in [0.1, 0.15) is 18.4 Å². The Morgan fingerprint density at radius 1 is 1.12 bits per heavy atom. The molecule has 0 bridgehead atoms. The second kappa shape index (κ2) is 9.40. The lowest BCUT2D eigenvalue weighted by Gasteiger charge is -2.35. The molecule has 26 heavy (non-hydrogen) atoms. The van der Waals surface area contributed by atoms with Crippen LogP contribution in [0.2, 0.25) is 0 Å². The van der Waals surface area contributed by atoms with Crippen LogP contribution in [0, 0.1) is 12.3 Å². The van der Waals surface area contributed by atoms with Crippen molar-refractivity contribution in [1.82, 2.24) is 14.7 Å². The number of rotatable bonds is 6. The van der Waals surface area contributed by atoms with Crippen LogP contribution in [0.25, 0.3) is 0 Å². The first-order valence-electron chi connectivity index (χ1n) is 9.23. The molecule has 1 amide bonds. The van der Waals surface area contributed by atoms with Gasteiger partial charge in [0.2, 0.25) is 5.91 Å². The van der Waals surface area contributed by atoms with E-state index in [1.165, 1.54) is 0 Å². The summed E-state index contributed by atoms with van der Waals surface area (Å²) < 4.78 is 6.71. The number of halogens is 1. The number of piperazine rings is 1. The van der Waals surface area contributed by atoms with Crippen molar-refractivity contribution in [2.24, 2.45) is 0 Å². The summed E-state index contributed by atoms with van der Waals surface area (Å²) in [5, 5.41) is 0. The van der Waals surface area contributed by atoms with E-state index in [9.17, 15) is 4.79 Å². The van der Waals surface area contributed by atoms with Crippen molar-refractivity contribution >= 4 is 21.8 Å². The summed E-state index contributed by atoms with van der Waals surface area (Å²) in [5.74, 6) is 3.65. The van der Waals surface area contributed by atoms with Crippen molar-refractivity contribution in [1.29, 1.82) is 0 Å². The molecule has 0 saturated carbocycles. The van der Waals surface area contributed by atoms with E-state index >= 15 is 0 Å². The molecule has 2 heterocycles. The summed E-state index contributed by atoms with van der Waals surface area (Å²) in [7, 11) is 0. The zero-order valence-corrected chi connectivity index (χ0v) is 16.7. The first kappa shape index (κ1) is 19.2. The number of ether oxygens (including phenoxy) is 1. The van der Waals surface area contributed by atoms with Crippen molar-refractivity contribution in [3.05, 3.63) is 28.2 Å². The molecule has 2 fully saturated rings. The Morgan fingerprint density at radius 2 is 1.81 bits per heavy atom. The summed E-state index contributed by atoms with van der Waals surface area (Å²) in [6, 6.07) is 6.02. The largest absolute Gasteiger partial charge is 0.481 e. The van der Waals surface area contributed by atoms with Crippen LogP contribution in [-0.2, 0) is 11.3 Å². The summed E-state index contributed by atoms with van der Waals surface area (Å²) in [6.45, 7) is 7.28. The lowest BCUT2D eigenvalue weighted by atomic mass is 10.1. The molecule has 140 valence electrons. The zero-order valence-electron chi connectivity index (χ0n) is 15.1. The fraction of sp³-hybridized carbons (Fsp3) is 0.550. The van der Waals surface area contributed by atoms with E-state index < -0.39 is 0 Å². The zero-order chi connectivity index (χ0) is 18.4. The number of hydrogen-bond acceptors (Lipinski definition) is 4. The Bertz CT molecular complexity index is 660. The predicted octanol–water partition coefficient (Wildman–Crippen LogP) is 2.20. The third-order valence-electron chi connectivity index (χ3n) is 5.01. The van der Waals surface area contributed by atoms with E-state index in [2.05, 4.69) is 37.7 Å². The smallest absolute Gasteiger partial charge is 0.236 e. The number of carbonyl (C=O) groups is 1. The van der Waals surface area contributed by atoms with Gasteiger partial charge in [0.1, 0.15) is 12.4 Å². The Morgan fingerprint density at radius 3 is 2.50 bits per heavy atom.